The molecule has 1 heterocycles. The van der Waals surface area contributed by atoms with Gasteiger partial charge >= 0.3 is 5.97 Å². The zero-order chi connectivity index (χ0) is 17.4. The van der Waals surface area contributed by atoms with E-state index in [9.17, 15) is 4.79 Å². The molecule has 0 aliphatic heterocycles. The summed E-state index contributed by atoms with van der Waals surface area (Å²) in [5.74, 6) is 0.496. The van der Waals surface area contributed by atoms with Crippen LogP contribution in [0.25, 0.3) is 0 Å². The lowest BCUT2D eigenvalue weighted by Crippen LogP contribution is -2.29. The number of ether oxygens (including phenoxy) is 1. The lowest BCUT2D eigenvalue weighted by molar-refractivity contribution is 0.0526. The number of aryl methyl sites for hydroxylation is 1. The second-order valence-corrected chi connectivity index (χ2v) is 5.79. The van der Waals surface area contributed by atoms with E-state index in [2.05, 4.69) is 10.6 Å². The molecule has 0 amide bonds. The van der Waals surface area contributed by atoms with Crippen LogP contribution in [0.3, 0.4) is 0 Å². The van der Waals surface area contributed by atoms with Crippen LogP contribution in [0.15, 0.2) is 41.0 Å². The first-order valence-electron chi connectivity index (χ1n) is 7.64. The van der Waals surface area contributed by atoms with Crippen molar-refractivity contribution in [3.8, 4) is 0 Å². The van der Waals surface area contributed by atoms with E-state index in [0.717, 1.165) is 18.6 Å². The number of esters is 1. The zero-order valence-electron chi connectivity index (χ0n) is 13.3. The minimum atomic E-state index is -0.455. The predicted molar refractivity (Wildman–Crippen MR) is 98.7 cm³/mol. The van der Waals surface area contributed by atoms with E-state index in [1.165, 1.54) is 0 Å². The Kier molecular flexibility index (Phi) is 7.08. The third-order valence-corrected chi connectivity index (χ3v) is 3.76. The molecule has 5 nitrogen and oxygen atoms in total. The van der Waals surface area contributed by atoms with Crippen molar-refractivity contribution in [1.29, 1.82) is 0 Å². The quantitative estimate of drug-likeness (QED) is 0.438. The van der Waals surface area contributed by atoms with E-state index in [4.69, 9.17) is 33.0 Å². The van der Waals surface area contributed by atoms with Crippen molar-refractivity contribution >= 4 is 40.6 Å². The lowest BCUT2D eigenvalue weighted by atomic mass is 10.2. The molecule has 1 aromatic heterocycles. The summed E-state index contributed by atoms with van der Waals surface area (Å²) >= 11 is 11.3. The van der Waals surface area contributed by atoms with Gasteiger partial charge in [-0.1, -0.05) is 11.6 Å². The maximum Gasteiger partial charge on any atom is 0.339 e. The molecule has 0 fully saturated rings. The number of thiocarbonyl (C=S) groups is 1. The second-order valence-electron chi connectivity index (χ2n) is 4.98. The van der Waals surface area contributed by atoms with Crippen molar-refractivity contribution in [3.63, 3.8) is 0 Å². The summed E-state index contributed by atoms with van der Waals surface area (Å²) in [4.78, 5) is 11.8. The zero-order valence-corrected chi connectivity index (χ0v) is 14.9. The number of nitrogens with one attached hydrogen (secondary N) is 2. The van der Waals surface area contributed by atoms with Crippen molar-refractivity contribution in [1.82, 2.24) is 5.32 Å². The number of anilines is 1. The third kappa shape index (κ3) is 5.54. The van der Waals surface area contributed by atoms with Gasteiger partial charge in [0.05, 0.1) is 23.5 Å². The summed E-state index contributed by atoms with van der Waals surface area (Å²) in [6.45, 7) is 2.75. The van der Waals surface area contributed by atoms with Crippen LogP contribution < -0.4 is 10.6 Å². The van der Waals surface area contributed by atoms with E-state index < -0.39 is 5.97 Å². The number of hydrogen-bond donors (Lipinski definition) is 2. The number of rotatable bonds is 7. The molecule has 0 atom stereocenters. The standard InChI is InChI=1S/C17H19ClN2O3S/c1-2-22-16(21)14-11-12(7-8-15(14)18)20-17(24)19-9-3-5-13-6-4-10-23-13/h4,6-8,10-11H,2-3,5,9H2,1H3,(H2,19,20,24). The molecule has 0 saturated carbocycles. The normalized spacial score (nSPS) is 10.2. The smallest absolute Gasteiger partial charge is 0.339 e. The third-order valence-electron chi connectivity index (χ3n) is 3.19. The number of carbonyl (C=O) groups is 1. The topological polar surface area (TPSA) is 63.5 Å². The van der Waals surface area contributed by atoms with Crippen molar-refractivity contribution in [2.24, 2.45) is 0 Å². The minimum absolute atomic E-state index is 0.294. The molecule has 0 aliphatic carbocycles. The monoisotopic (exact) mass is 366 g/mol. The van der Waals surface area contributed by atoms with Crippen molar-refractivity contribution < 1.29 is 13.9 Å². The van der Waals surface area contributed by atoms with Gasteiger partial charge in [0.2, 0.25) is 0 Å². The summed E-state index contributed by atoms with van der Waals surface area (Å²) < 4.78 is 10.2. The molecule has 2 rings (SSSR count). The Labute approximate surface area is 151 Å². The van der Waals surface area contributed by atoms with Gasteiger partial charge in [0, 0.05) is 18.7 Å². The van der Waals surface area contributed by atoms with Gasteiger partial charge in [-0.25, -0.2) is 4.79 Å². The molecule has 24 heavy (non-hydrogen) atoms. The lowest BCUT2D eigenvalue weighted by Gasteiger charge is -2.12. The van der Waals surface area contributed by atoms with E-state index in [1.807, 2.05) is 12.1 Å². The van der Waals surface area contributed by atoms with E-state index >= 15 is 0 Å². The van der Waals surface area contributed by atoms with Crippen LogP contribution in [0.4, 0.5) is 5.69 Å². The first-order chi connectivity index (χ1) is 11.6. The van der Waals surface area contributed by atoms with Crippen LogP contribution in [0, 0.1) is 0 Å². The summed E-state index contributed by atoms with van der Waals surface area (Å²) in [5.41, 5.74) is 0.982. The first kappa shape index (κ1) is 18.3. The Balaban J connectivity index is 1.82. The first-order valence-corrected chi connectivity index (χ1v) is 8.42. The molecular weight excluding hydrogens is 348 g/mol. The predicted octanol–water partition coefficient (Wildman–Crippen LogP) is 4.03. The fourth-order valence-electron chi connectivity index (χ4n) is 2.06. The number of hydrogen-bond acceptors (Lipinski definition) is 4. The summed E-state index contributed by atoms with van der Waals surface area (Å²) in [6.07, 6.45) is 3.40. The van der Waals surface area contributed by atoms with Crippen LogP contribution in [-0.2, 0) is 11.2 Å². The van der Waals surface area contributed by atoms with Gasteiger partial charge in [-0.15, -0.1) is 0 Å². The Morgan fingerprint density at radius 2 is 2.21 bits per heavy atom. The van der Waals surface area contributed by atoms with Gasteiger partial charge in [0.1, 0.15) is 5.76 Å². The highest BCUT2D eigenvalue weighted by Gasteiger charge is 2.12. The average Bonchev–Trinajstić information content (AvgIpc) is 3.07. The minimum Gasteiger partial charge on any atom is -0.469 e. The van der Waals surface area contributed by atoms with Crippen LogP contribution in [0.5, 0.6) is 0 Å². The van der Waals surface area contributed by atoms with Crippen molar-refractivity contribution in [2.45, 2.75) is 19.8 Å². The van der Waals surface area contributed by atoms with Gasteiger partial charge in [-0.2, -0.15) is 0 Å². The maximum atomic E-state index is 11.8. The Morgan fingerprint density at radius 3 is 2.92 bits per heavy atom. The highest BCUT2D eigenvalue weighted by molar-refractivity contribution is 7.80. The molecular formula is C17H19ClN2O3S. The van der Waals surface area contributed by atoms with E-state index in [1.54, 1.807) is 31.4 Å². The summed E-state index contributed by atoms with van der Waals surface area (Å²) in [7, 11) is 0. The Hall–Kier alpha value is -2.05. The molecule has 7 heteroatoms. The Bertz CT molecular complexity index is 689. The van der Waals surface area contributed by atoms with Gasteiger partial charge in [-0.05, 0) is 55.9 Å². The van der Waals surface area contributed by atoms with Gasteiger partial charge < -0.3 is 19.8 Å². The largest absolute Gasteiger partial charge is 0.469 e. The highest BCUT2D eigenvalue weighted by Crippen LogP contribution is 2.21. The molecule has 0 unspecified atom stereocenters. The average molecular weight is 367 g/mol. The molecule has 1 aromatic carbocycles. The molecule has 2 N–H and O–H groups in total. The SMILES string of the molecule is CCOC(=O)c1cc(NC(=S)NCCCc2ccco2)ccc1Cl. The summed E-state index contributed by atoms with van der Waals surface area (Å²) in [5, 5.41) is 6.96. The van der Waals surface area contributed by atoms with Crippen LogP contribution in [-0.4, -0.2) is 24.2 Å². The second kappa shape index (κ2) is 9.30. The van der Waals surface area contributed by atoms with Gasteiger partial charge in [0.25, 0.3) is 0 Å². The fourth-order valence-corrected chi connectivity index (χ4v) is 2.48. The Morgan fingerprint density at radius 1 is 1.38 bits per heavy atom. The molecule has 0 radical (unpaired) electrons. The van der Waals surface area contributed by atoms with Gasteiger partial charge in [-0.3, -0.25) is 0 Å². The number of benzene rings is 1. The molecule has 0 spiro atoms. The summed E-state index contributed by atoms with van der Waals surface area (Å²) in [6, 6.07) is 8.83. The molecule has 0 aliphatic rings. The van der Waals surface area contributed by atoms with Crippen molar-refractivity contribution in [2.75, 3.05) is 18.5 Å². The van der Waals surface area contributed by atoms with Crippen LogP contribution in [0.1, 0.15) is 29.5 Å². The van der Waals surface area contributed by atoms with Gasteiger partial charge in [0.15, 0.2) is 5.11 Å². The molecule has 2 aromatic rings. The highest BCUT2D eigenvalue weighted by atomic mass is 35.5. The number of carbonyl (C=O) groups excluding carboxylic acids is 1. The molecule has 0 bridgehead atoms. The molecule has 128 valence electrons. The molecule has 0 saturated heterocycles. The maximum absolute atomic E-state index is 11.8. The number of furan rings is 1. The van der Waals surface area contributed by atoms with E-state index in [0.29, 0.717) is 34.5 Å². The van der Waals surface area contributed by atoms with Crippen LogP contribution >= 0.6 is 23.8 Å². The van der Waals surface area contributed by atoms with Crippen molar-refractivity contribution in [3.05, 3.63) is 52.9 Å². The number of halogens is 1. The fraction of sp³-hybridized carbons (Fsp3) is 0.294. The van der Waals surface area contributed by atoms with Crippen LogP contribution in [0.2, 0.25) is 5.02 Å². The van der Waals surface area contributed by atoms with E-state index in [-0.39, 0.29) is 0 Å².